The molecule has 0 aliphatic carbocycles. The van der Waals surface area contributed by atoms with Gasteiger partial charge in [-0.15, -0.1) is 24.5 Å². The summed E-state index contributed by atoms with van der Waals surface area (Å²) in [4.78, 5) is 0. The standard InChI is InChI=1S/C12H8Br2F3NOS/c13-9-5-8(11(14)20-9)10(18)6-1-3-7(4-2-6)19-12(15,16)17/h1-5,10H,18H2. The maximum Gasteiger partial charge on any atom is 0.573 e. The Bertz CT molecular complexity index is 598. The Morgan fingerprint density at radius 2 is 1.75 bits per heavy atom. The minimum absolute atomic E-state index is 0.265. The van der Waals surface area contributed by atoms with Gasteiger partial charge in [-0.1, -0.05) is 12.1 Å². The van der Waals surface area contributed by atoms with Crippen LogP contribution in [0.2, 0.25) is 0 Å². The van der Waals surface area contributed by atoms with Gasteiger partial charge in [0.05, 0.1) is 13.6 Å². The van der Waals surface area contributed by atoms with Gasteiger partial charge in [0.25, 0.3) is 0 Å². The molecular formula is C12H8Br2F3NOS. The second-order valence-corrected chi connectivity index (χ2v) is 7.62. The zero-order chi connectivity index (χ0) is 14.9. The van der Waals surface area contributed by atoms with E-state index < -0.39 is 12.4 Å². The van der Waals surface area contributed by atoms with Crippen molar-refractivity contribution in [3.05, 3.63) is 49.0 Å². The summed E-state index contributed by atoms with van der Waals surface area (Å²) < 4.78 is 41.8. The molecule has 1 atom stereocenters. The smallest absolute Gasteiger partial charge is 0.406 e. The fourth-order valence-electron chi connectivity index (χ4n) is 1.62. The van der Waals surface area contributed by atoms with Crippen LogP contribution in [0.5, 0.6) is 5.75 Å². The fraction of sp³-hybridized carbons (Fsp3) is 0.167. The molecule has 0 bridgehead atoms. The van der Waals surface area contributed by atoms with Crippen molar-refractivity contribution >= 4 is 43.2 Å². The summed E-state index contributed by atoms with van der Waals surface area (Å²) in [5.41, 5.74) is 7.67. The van der Waals surface area contributed by atoms with Gasteiger partial charge >= 0.3 is 6.36 Å². The highest BCUT2D eigenvalue weighted by atomic mass is 79.9. The highest BCUT2D eigenvalue weighted by Crippen LogP contribution is 2.37. The molecule has 0 aliphatic rings. The van der Waals surface area contributed by atoms with Crippen molar-refractivity contribution in [2.75, 3.05) is 0 Å². The van der Waals surface area contributed by atoms with Crippen LogP contribution in [0, 0.1) is 0 Å². The summed E-state index contributed by atoms with van der Waals surface area (Å²) in [6.45, 7) is 0. The molecular weight excluding hydrogens is 423 g/mol. The van der Waals surface area contributed by atoms with E-state index in [1.54, 1.807) is 0 Å². The number of thiophene rings is 1. The van der Waals surface area contributed by atoms with Gasteiger partial charge in [0, 0.05) is 0 Å². The van der Waals surface area contributed by atoms with Gasteiger partial charge < -0.3 is 10.5 Å². The maximum atomic E-state index is 12.1. The minimum atomic E-state index is -4.69. The van der Waals surface area contributed by atoms with Crippen molar-refractivity contribution in [2.24, 2.45) is 5.73 Å². The molecule has 1 unspecified atom stereocenters. The molecule has 0 spiro atoms. The van der Waals surface area contributed by atoms with Gasteiger partial charge in [0.2, 0.25) is 0 Å². The van der Waals surface area contributed by atoms with Gasteiger partial charge in [0.15, 0.2) is 0 Å². The van der Waals surface area contributed by atoms with Crippen molar-refractivity contribution in [3.63, 3.8) is 0 Å². The Labute approximate surface area is 134 Å². The van der Waals surface area contributed by atoms with Gasteiger partial charge in [-0.25, -0.2) is 0 Å². The molecule has 1 aromatic heterocycles. The maximum absolute atomic E-state index is 12.1. The number of rotatable bonds is 3. The van der Waals surface area contributed by atoms with E-state index in [1.807, 2.05) is 6.07 Å². The first-order valence-corrected chi connectivity index (χ1v) is 7.72. The number of ether oxygens (including phenoxy) is 1. The molecule has 20 heavy (non-hydrogen) atoms. The summed E-state index contributed by atoms with van der Waals surface area (Å²) in [6.07, 6.45) is -4.69. The lowest BCUT2D eigenvalue weighted by molar-refractivity contribution is -0.274. The third-order valence-electron chi connectivity index (χ3n) is 2.49. The zero-order valence-corrected chi connectivity index (χ0v) is 13.7. The molecule has 0 amide bonds. The van der Waals surface area contributed by atoms with Crippen molar-refractivity contribution in [1.82, 2.24) is 0 Å². The van der Waals surface area contributed by atoms with E-state index >= 15 is 0 Å². The molecule has 2 nitrogen and oxygen atoms in total. The number of hydrogen-bond acceptors (Lipinski definition) is 3. The van der Waals surface area contributed by atoms with Crippen molar-refractivity contribution < 1.29 is 17.9 Å². The highest BCUT2D eigenvalue weighted by molar-refractivity contribution is 9.12. The Hall–Kier alpha value is -0.570. The van der Waals surface area contributed by atoms with Crippen LogP contribution >= 0.6 is 43.2 Å². The minimum Gasteiger partial charge on any atom is -0.406 e. The number of halogens is 5. The molecule has 0 aliphatic heterocycles. The van der Waals surface area contributed by atoms with E-state index in [0.29, 0.717) is 5.56 Å². The molecule has 1 aromatic carbocycles. The van der Waals surface area contributed by atoms with Gasteiger partial charge in [-0.2, -0.15) is 0 Å². The molecule has 2 rings (SSSR count). The first-order chi connectivity index (χ1) is 9.26. The third-order valence-corrected chi connectivity index (χ3v) is 4.88. The molecule has 0 saturated heterocycles. The van der Waals surface area contributed by atoms with E-state index in [0.717, 1.165) is 13.1 Å². The Morgan fingerprint density at radius 3 is 2.20 bits per heavy atom. The lowest BCUT2D eigenvalue weighted by Crippen LogP contribution is -2.17. The Balaban J connectivity index is 2.19. The van der Waals surface area contributed by atoms with Gasteiger partial charge in [-0.3, -0.25) is 0 Å². The summed E-state index contributed by atoms with van der Waals surface area (Å²) in [6, 6.07) is 6.98. The van der Waals surface area contributed by atoms with Crippen molar-refractivity contribution in [1.29, 1.82) is 0 Å². The number of alkyl halides is 3. The fourth-order valence-corrected chi connectivity index (χ4v) is 4.55. The number of nitrogens with two attached hydrogens (primary N) is 1. The second-order valence-electron chi connectivity index (χ2n) is 3.87. The third kappa shape index (κ3) is 3.97. The van der Waals surface area contributed by atoms with E-state index in [1.165, 1.54) is 35.6 Å². The van der Waals surface area contributed by atoms with Gasteiger partial charge in [0.1, 0.15) is 5.75 Å². The predicted octanol–water partition coefficient (Wildman–Crippen LogP) is 5.22. The van der Waals surface area contributed by atoms with E-state index in [4.69, 9.17) is 5.73 Å². The van der Waals surface area contributed by atoms with Crippen molar-refractivity contribution in [3.8, 4) is 5.75 Å². The van der Waals surface area contributed by atoms with Crippen LogP contribution in [0.1, 0.15) is 17.2 Å². The molecule has 8 heteroatoms. The van der Waals surface area contributed by atoms with E-state index in [-0.39, 0.29) is 5.75 Å². The molecule has 2 N–H and O–H groups in total. The summed E-state index contributed by atoms with van der Waals surface area (Å²) in [5.74, 6) is -0.265. The topological polar surface area (TPSA) is 35.2 Å². The van der Waals surface area contributed by atoms with Crippen molar-refractivity contribution in [2.45, 2.75) is 12.4 Å². The van der Waals surface area contributed by atoms with E-state index in [2.05, 4.69) is 36.6 Å². The second kappa shape index (κ2) is 6.05. The summed E-state index contributed by atoms with van der Waals surface area (Å²) in [5, 5.41) is 0. The highest BCUT2D eigenvalue weighted by Gasteiger charge is 2.31. The molecule has 0 fully saturated rings. The average molecular weight is 431 g/mol. The largest absolute Gasteiger partial charge is 0.573 e. The first-order valence-electron chi connectivity index (χ1n) is 5.32. The molecule has 2 aromatic rings. The predicted molar refractivity (Wildman–Crippen MR) is 78.9 cm³/mol. The monoisotopic (exact) mass is 429 g/mol. The van der Waals surface area contributed by atoms with Crippen LogP contribution in [0.15, 0.2) is 37.9 Å². The van der Waals surface area contributed by atoms with Crippen LogP contribution < -0.4 is 10.5 Å². The molecule has 1 heterocycles. The van der Waals surface area contributed by atoms with Crippen LogP contribution in [-0.2, 0) is 0 Å². The normalized spacial score (nSPS) is 13.3. The lowest BCUT2D eigenvalue weighted by Gasteiger charge is -2.13. The first kappa shape index (κ1) is 15.8. The molecule has 0 saturated carbocycles. The van der Waals surface area contributed by atoms with Crippen LogP contribution in [0.3, 0.4) is 0 Å². The SMILES string of the molecule is NC(c1ccc(OC(F)(F)F)cc1)c1cc(Br)sc1Br. The van der Waals surface area contributed by atoms with Crippen LogP contribution in [0.25, 0.3) is 0 Å². The molecule has 0 radical (unpaired) electrons. The summed E-state index contributed by atoms with van der Waals surface area (Å²) >= 11 is 8.24. The zero-order valence-electron chi connectivity index (χ0n) is 9.75. The quantitative estimate of drug-likeness (QED) is 0.724. The molecule has 108 valence electrons. The van der Waals surface area contributed by atoms with Crippen LogP contribution in [0.4, 0.5) is 13.2 Å². The number of benzene rings is 1. The average Bonchev–Trinajstić information content (AvgIpc) is 2.66. The van der Waals surface area contributed by atoms with Gasteiger partial charge in [-0.05, 0) is 61.2 Å². The lowest BCUT2D eigenvalue weighted by atomic mass is 10.0. The Kier molecular flexibility index (Phi) is 4.78. The van der Waals surface area contributed by atoms with Crippen LogP contribution in [-0.4, -0.2) is 6.36 Å². The van der Waals surface area contributed by atoms with E-state index in [9.17, 15) is 13.2 Å². The Morgan fingerprint density at radius 1 is 1.15 bits per heavy atom. The summed E-state index contributed by atoms with van der Waals surface area (Å²) in [7, 11) is 0. The number of hydrogen-bond donors (Lipinski definition) is 1.